The topological polar surface area (TPSA) is 71.5 Å². The number of phenolic OH excluding ortho intramolecular Hbond substituents is 1. The molecule has 2 N–H and O–H groups in total. The van der Waals surface area contributed by atoms with E-state index in [4.69, 9.17) is 4.74 Å². The van der Waals surface area contributed by atoms with Crippen molar-refractivity contribution in [3.8, 4) is 11.5 Å². The second-order valence-corrected chi connectivity index (χ2v) is 5.72. The number of nitrogens with one attached hydrogen (secondary N) is 1. The number of ether oxygens (including phenoxy) is 1. The molecular weight excluding hydrogens is 316 g/mol. The molecule has 0 bridgehead atoms. The van der Waals surface area contributed by atoms with Gasteiger partial charge in [0.05, 0.1) is 24.0 Å². The van der Waals surface area contributed by atoms with E-state index in [1.54, 1.807) is 19.2 Å². The molecule has 3 rings (SSSR count). The van der Waals surface area contributed by atoms with Crippen LogP contribution >= 0.6 is 0 Å². The molecule has 0 radical (unpaired) electrons. The van der Waals surface area contributed by atoms with Crippen LogP contribution in [0.5, 0.6) is 11.5 Å². The minimum atomic E-state index is 0.0117. The van der Waals surface area contributed by atoms with E-state index < -0.39 is 0 Å². The van der Waals surface area contributed by atoms with Crippen molar-refractivity contribution >= 4 is 28.1 Å². The average Bonchev–Trinajstić information content (AvgIpc) is 2.63. The van der Waals surface area contributed by atoms with Gasteiger partial charge < -0.3 is 15.2 Å². The summed E-state index contributed by atoms with van der Waals surface area (Å²) >= 11 is 0. The van der Waals surface area contributed by atoms with Crippen LogP contribution < -0.4 is 10.1 Å². The summed E-state index contributed by atoms with van der Waals surface area (Å²) in [7, 11) is 1.60. The molecule has 0 aliphatic carbocycles. The highest BCUT2D eigenvalue weighted by molar-refractivity contribution is 6.09. The Morgan fingerprint density at radius 3 is 2.76 bits per heavy atom. The second kappa shape index (κ2) is 7.21. The van der Waals surface area contributed by atoms with Crippen LogP contribution in [0.3, 0.4) is 0 Å². The number of carbonyl (C=O) groups is 1. The number of methoxy groups -OCH3 is 1. The number of anilines is 2. The number of nitrogens with zero attached hydrogens (tertiary/aromatic N) is 1. The molecule has 0 saturated carbocycles. The molecule has 0 spiro atoms. The van der Waals surface area contributed by atoms with Crippen molar-refractivity contribution in [2.75, 3.05) is 12.4 Å². The monoisotopic (exact) mass is 336 g/mol. The molecule has 128 valence electrons. The van der Waals surface area contributed by atoms with Crippen molar-refractivity contribution in [3.63, 3.8) is 0 Å². The summed E-state index contributed by atoms with van der Waals surface area (Å²) in [5, 5.41) is 14.1. The summed E-state index contributed by atoms with van der Waals surface area (Å²) in [6, 6.07) is 12.6. The van der Waals surface area contributed by atoms with E-state index in [9.17, 15) is 9.90 Å². The Labute approximate surface area is 146 Å². The van der Waals surface area contributed by atoms with Gasteiger partial charge in [-0.25, -0.2) is 0 Å². The van der Waals surface area contributed by atoms with Gasteiger partial charge in [-0.05, 0) is 24.6 Å². The number of ketones is 1. The van der Waals surface area contributed by atoms with Gasteiger partial charge in [0.1, 0.15) is 17.0 Å². The third kappa shape index (κ3) is 3.26. The maximum absolute atomic E-state index is 12.6. The maximum atomic E-state index is 12.6. The molecule has 3 aromatic rings. The number of hydrogen-bond acceptors (Lipinski definition) is 5. The third-order valence-corrected chi connectivity index (χ3v) is 4.02. The Hall–Kier alpha value is -3.08. The lowest BCUT2D eigenvalue weighted by Gasteiger charge is -2.16. The number of aromatic nitrogens is 1. The predicted octanol–water partition coefficient (Wildman–Crippen LogP) is 4.68. The van der Waals surface area contributed by atoms with Crippen molar-refractivity contribution in [2.45, 2.75) is 19.8 Å². The van der Waals surface area contributed by atoms with Crippen molar-refractivity contribution in [3.05, 3.63) is 54.2 Å². The van der Waals surface area contributed by atoms with Gasteiger partial charge in [0.15, 0.2) is 5.78 Å². The van der Waals surface area contributed by atoms with Crippen LogP contribution in [0.25, 0.3) is 10.9 Å². The Balaban J connectivity index is 2.20. The molecule has 0 amide bonds. The number of aromatic hydroxyl groups is 1. The number of benzene rings is 2. The zero-order valence-electron chi connectivity index (χ0n) is 14.2. The van der Waals surface area contributed by atoms with Crippen molar-refractivity contribution in [2.24, 2.45) is 0 Å². The molecule has 2 aromatic carbocycles. The molecule has 25 heavy (non-hydrogen) atoms. The number of fused-ring (bicyclic) bond motifs is 1. The molecule has 0 aliphatic rings. The van der Waals surface area contributed by atoms with E-state index >= 15 is 0 Å². The van der Waals surface area contributed by atoms with E-state index in [0.717, 1.165) is 12.1 Å². The number of pyridine rings is 1. The van der Waals surface area contributed by atoms with Crippen LogP contribution in [0.1, 0.15) is 30.1 Å². The number of rotatable bonds is 6. The van der Waals surface area contributed by atoms with E-state index in [2.05, 4.69) is 10.3 Å². The molecular formula is C20H20N2O3. The predicted molar refractivity (Wildman–Crippen MR) is 98.9 cm³/mol. The zero-order valence-corrected chi connectivity index (χ0v) is 14.2. The van der Waals surface area contributed by atoms with Gasteiger partial charge in [0, 0.05) is 18.0 Å². The first-order chi connectivity index (χ1) is 12.2. The zero-order chi connectivity index (χ0) is 17.8. The summed E-state index contributed by atoms with van der Waals surface area (Å²) in [4.78, 5) is 16.9. The summed E-state index contributed by atoms with van der Waals surface area (Å²) in [5.74, 6) is 0.759. The lowest BCUT2D eigenvalue weighted by atomic mass is 10.0. The van der Waals surface area contributed by atoms with Gasteiger partial charge >= 0.3 is 0 Å². The highest BCUT2D eigenvalue weighted by Gasteiger charge is 2.17. The van der Waals surface area contributed by atoms with Crippen LogP contribution in [0, 0.1) is 0 Å². The number of phenols is 1. The minimum Gasteiger partial charge on any atom is -0.506 e. The van der Waals surface area contributed by atoms with Gasteiger partial charge in [-0.2, -0.15) is 0 Å². The molecule has 0 unspecified atom stereocenters. The van der Waals surface area contributed by atoms with Gasteiger partial charge in [-0.3, -0.25) is 9.78 Å². The Kier molecular flexibility index (Phi) is 4.84. The average molecular weight is 336 g/mol. The number of carbonyl (C=O) groups excluding carboxylic acids is 1. The van der Waals surface area contributed by atoms with Crippen LogP contribution in [0.15, 0.2) is 48.7 Å². The first kappa shape index (κ1) is 16.8. The standard InChI is InChI=1S/C20H20N2O3/c1-3-7-16(23)14-12-21-20-13(8-6-10-17(20)24)19(14)22-15-9-4-5-11-18(15)25-2/h4-6,8-12,24H,3,7H2,1-2H3,(H,21,22). The normalized spacial score (nSPS) is 10.6. The summed E-state index contributed by atoms with van der Waals surface area (Å²) in [6.07, 6.45) is 2.72. The lowest BCUT2D eigenvalue weighted by molar-refractivity contribution is 0.0982. The molecule has 0 saturated heterocycles. The van der Waals surface area contributed by atoms with Gasteiger partial charge in [-0.1, -0.05) is 31.2 Å². The molecule has 5 heteroatoms. The van der Waals surface area contributed by atoms with Crippen LogP contribution in [-0.4, -0.2) is 23.0 Å². The molecule has 1 heterocycles. The first-order valence-electron chi connectivity index (χ1n) is 8.19. The summed E-state index contributed by atoms with van der Waals surface area (Å²) in [6.45, 7) is 1.96. The summed E-state index contributed by atoms with van der Waals surface area (Å²) in [5.41, 5.74) is 2.33. The Bertz CT molecular complexity index is 922. The molecule has 0 fully saturated rings. The largest absolute Gasteiger partial charge is 0.506 e. The van der Waals surface area contributed by atoms with Crippen LogP contribution in [0.2, 0.25) is 0 Å². The van der Waals surface area contributed by atoms with E-state index in [-0.39, 0.29) is 11.5 Å². The third-order valence-electron chi connectivity index (χ3n) is 4.02. The molecule has 1 aromatic heterocycles. The number of para-hydroxylation sites is 3. The fraction of sp³-hybridized carbons (Fsp3) is 0.200. The van der Waals surface area contributed by atoms with E-state index in [1.807, 2.05) is 37.3 Å². The van der Waals surface area contributed by atoms with Crippen molar-refractivity contribution in [1.82, 2.24) is 4.98 Å². The van der Waals surface area contributed by atoms with Gasteiger partial charge in [0.25, 0.3) is 0 Å². The van der Waals surface area contributed by atoms with Crippen LogP contribution in [-0.2, 0) is 0 Å². The van der Waals surface area contributed by atoms with Crippen LogP contribution in [0.4, 0.5) is 11.4 Å². The second-order valence-electron chi connectivity index (χ2n) is 5.72. The SMILES string of the molecule is CCCC(=O)c1cnc2c(O)cccc2c1Nc1ccccc1OC. The van der Waals surface area contributed by atoms with E-state index in [0.29, 0.717) is 34.3 Å². The number of Topliss-reactive ketones (excluding diaryl/α,β-unsaturated/α-hetero) is 1. The smallest absolute Gasteiger partial charge is 0.166 e. The van der Waals surface area contributed by atoms with E-state index in [1.165, 1.54) is 6.20 Å². The quantitative estimate of drug-likeness (QED) is 0.640. The van der Waals surface area contributed by atoms with Gasteiger partial charge in [0.2, 0.25) is 0 Å². The summed E-state index contributed by atoms with van der Waals surface area (Å²) < 4.78 is 5.39. The first-order valence-corrected chi connectivity index (χ1v) is 8.19. The minimum absolute atomic E-state index is 0.0117. The fourth-order valence-corrected chi connectivity index (χ4v) is 2.80. The van der Waals surface area contributed by atoms with Gasteiger partial charge in [-0.15, -0.1) is 0 Å². The Morgan fingerprint density at radius 1 is 1.20 bits per heavy atom. The number of hydrogen-bond donors (Lipinski definition) is 2. The molecule has 0 aliphatic heterocycles. The highest BCUT2D eigenvalue weighted by atomic mass is 16.5. The highest BCUT2D eigenvalue weighted by Crippen LogP contribution is 2.36. The fourth-order valence-electron chi connectivity index (χ4n) is 2.80. The van der Waals surface area contributed by atoms with Crippen molar-refractivity contribution in [1.29, 1.82) is 0 Å². The molecule has 5 nitrogen and oxygen atoms in total. The van der Waals surface area contributed by atoms with Crippen molar-refractivity contribution < 1.29 is 14.6 Å². The molecule has 0 atom stereocenters. The lowest BCUT2D eigenvalue weighted by Crippen LogP contribution is -2.06. The maximum Gasteiger partial charge on any atom is 0.166 e. The Morgan fingerprint density at radius 2 is 2.00 bits per heavy atom.